The zero-order valence-corrected chi connectivity index (χ0v) is 13.9. The number of nitrogens with zero attached hydrogens (tertiary/aromatic N) is 1. The van der Waals surface area contributed by atoms with Gasteiger partial charge >= 0.3 is 0 Å². The Morgan fingerprint density at radius 1 is 1.41 bits per heavy atom. The lowest BCUT2D eigenvalue weighted by molar-refractivity contribution is -0.123. The van der Waals surface area contributed by atoms with Gasteiger partial charge in [0.2, 0.25) is 11.8 Å². The van der Waals surface area contributed by atoms with Crippen LogP contribution in [0.3, 0.4) is 0 Å². The second kappa shape index (κ2) is 5.72. The number of fused-ring (bicyclic) bond motifs is 1. The van der Waals surface area contributed by atoms with Crippen molar-refractivity contribution in [2.45, 2.75) is 38.1 Å². The molecule has 1 N–H and O–H groups in total. The number of amides is 2. The molecule has 22 heavy (non-hydrogen) atoms. The van der Waals surface area contributed by atoms with E-state index < -0.39 is 15.9 Å². The molecule has 0 spiro atoms. The molecule has 6 nitrogen and oxygen atoms in total. The average Bonchev–Trinajstić information content (AvgIpc) is 2.43. The van der Waals surface area contributed by atoms with E-state index >= 15 is 0 Å². The minimum atomic E-state index is -3.38. The maximum atomic E-state index is 12.4. The van der Waals surface area contributed by atoms with E-state index in [9.17, 15) is 18.0 Å². The molecule has 1 aliphatic rings. The summed E-state index contributed by atoms with van der Waals surface area (Å²) in [4.78, 5) is 26.0. The SMILES string of the molecule is CCC(C)[C@H]1C(=O)Nc2cc(S(C)(=O)=O)ccc2N1C(C)=O. The van der Waals surface area contributed by atoms with E-state index in [1.54, 1.807) is 6.07 Å². The Morgan fingerprint density at radius 3 is 2.55 bits per heavy atom. The molecule has 0 saturated heterocycles. The van der Waals surface area contributed by atoms with Crippen molar-refractivity contribution in [1.82, 2.24) is 0 Å². The number of carbonyl (C=O) groups is 2. The summed E-state index contributed by atoms with van der Waals surface area (Å²) >= 11 is 0. The van der Waals surface area contributed by atoms with Crippen LogP contribution in [0.25, 0.3) is 0 Å². The van der Waals surface area contributed by atoms with Crippen molar-refractivity contribution in [3.05, 3.63) is 18.2 Å². The third kappa shape index (κ3) is 2.85. The zero-order chi connectivity index (χ0) is 16.7. The molecule has 120 valence electrons. The minimum absolute atomic E-state index is 0.00775. The second-order valence-electron chi connectivity index (χ2n) is 5.66. The number of nitrogens with one attached hydrogen (secondary N) is 1. The highest BCUT2D eigenvalue weighted by Crippen LogP contribution is 2.36. The summed E-state index contributed by atoms with van der Waals surface area (Å²) in [5.41, 5.74) is 0.882. The van der Waals surface area contributed by atoms with Crippen LogP contribution in [0.15, 0.2) is 23.1 Å². The molecule has 1 aromatic carbocycles. The Kier molecular flexibility index (Phi) is 4.28. The fourth-order valence-electron chi connectivity index (χ4n) is 2.63. The number of sulfone groups is 1. The first-order valence-corrected chi connectivity index (χ1v) is 9.00. The predicted molar refractivity (Wildman–Crippen MR) is 84.6 cm³/mol. The van der Waals surface area contributed by atoms with Gasteiger partial charge in [-0.3, -0.25) is 14.5 Å². The lowest BCUT2D eigenvalue weighted by Gasteiger charge is -2.38. The van der Waals surface area contributed by atoms with Crippen molar-refractivity contribution in [3.8, 4) is 0 Å². The highest BCUT2D eigenvalue weighted by atomic mass is 32.2. The van der Waals surface area contributed by atoms with E-state index in [4.69, 9.17) is 0 Å². The van der Waals surface area contributed by atoms with Gasteiger partial charge < -0.3 is 5.32 Å². The number of hydrogen-bond donors (Lipinski definition) is 1. The third-order valence-electron chi connectivity index (χ3n) is 3.98. The standard InChI is InChI=1S/C15H20N2O4S/c1-5-9(2)14-15(19)16-12-8-11(22(4,20)21)6-7-13(12)17(14)10(3)18/h6-9,14H,5H2,1-4H3,(H,16,19)/t9?,14-/m0/s1. The molecule has 2 atom stereocenters. The summed E-state index contributed by atoms with van der Waals surface area (Å²) in [6.07, 6.45) is 1.85. The van der Waals surface area contributed by atoms with Gasteiger partial charge in [0.1, 0.15) is 6.04 Å². The Balaban J connectivity index is 2.59. The van der Waals surface area contributed by atoms with Crippen molar-refractivity contribution in [1.29, 1.82) is 0 Å². The Bertz CT molecular complexity index is 727. The Hall–Kier alpha value is -1.89. The van der Waals surface area contributed by atoms with Crippen LogP contribution in [0.1, 0.15) is 27.2 Å². The highest BCUT2D eigenvalue weighted by molar-refractivity contribution is 7.90. The van der Waals surface area contributed by atoms with Gasteiger partial charge in [-0.1, -0.05) is 20.3 Å². The highest BCUT2D eigenvalue weighted by Gasteiger charge is 2.38. The summed E-state index contributed by atoms with van der Waals surface area (Å²) in [5, 5.41) is 2.73. The molecule has 0 aromatic heterocycles. The first kappa shape index (κ1) is 16.5. The van der Waals surface area contributed by atoms with Crippen molar-refractivity contribution in [2.24, 2.45) is 5.92 Å². The van der Waals surface area contributed by atoms with E-state index in [1.165, 1.54) is 24.0 Å². The number of rotatable bonds is 3. The van der Waals surface area contributed by atoms with Crippen LogP contribution in [0, 0.1) is 5.92 Å². The van der Waals surface area contributed by atoms with Gasteiger partial charge in [0.25, 0.3) is 0 Å². The van der Waals surface area contributed by atoms with Crippen LogP contribution in [-0.2, 0) is 19.4 Å². The molecular formula is C15H20N2O4S. The topological polar surface area (TPSA) is 83.6 Å². The monoisotopic (exact) mass is 324 g/mol. The van der Waals surface area contributed by atoms with Gasteiger partial charge in [0.15, 0.2) is 9.84 Å². The molecule has 7 heteroatoms. The molecule has 0 bridgehead atoms. The summed E-state index contributed by atoms with van der Waals surface area (Å²) in [5.74, 6) is -0.539. The van der Waals surface area contributed by atoms with E-state index in [-0.39, 0.29) is 22.6 Å². The van der Waals surface area contributed by atoms with Gasteiger partial charge in [0.05, 0.1) is 16.3 Å². The van der Waals surface area contributed by atoms with Crippen LogP contribution < -0.4 is 10.2 Å². The van der Waals surface area contributed by atoms with Crippen molar-refractivity contribution in [2.75, 3.05) is 16.5 Å². The smallest absolute Gasteiger partial charge is 0.247 e. The van der Waals surface area contributed by atoms with Crippen LogP contribution in [0.5, 0.6) is 0 Å². The number of carbonyl (C=O) groups excluding carboxylic acids is 2. The second-order valence-corrected chi connectivity index (χ2v) is 7.68. The molecule has 1 unspecified atom stereocenters. The molecule has 0 aliphatic carbocycles. The quantitative estimate of drug-likeness (QED) is 0.919. The largest absolute Gasteiger partial charge is 0.322 e. The zero-order valence-electron chi connectivity index (χ0n) is 13.1. The third-order valence-corrected chi connectivity index (χ3v) is 5.09. The fraction of sp³-hybridized carbons (Fsp3) is 0.467. The molecule has 0 radical (unpaired) electrons. The molecular weight excluding hydrogens is 304 g/mol. The summed E-state index contributed by atoms with van der Waals surface area (Å²) in [6, 6.07) is 3.83. The molecule has 1 aromatic rings. The van der Waals surface area contributed by atoms with Crippen molar-refractivity contribution >= 4 is 33.0 Å². The van der Waals surface area contributed by atoms with E-state index in [1.807, 2.05) is 13.8 Å². The van der Waals surface area contributed by atoms with E-state index in [0.29, 0.717) is 11.4 Å². The number of anilines is 2. The van der Waals surface area contributed by atoms with Crippen LogP contribution in [-0.4, -0.2) is 32.5 Å². The van der Waals surface area contributed by atoms with Gasteiger partial charge in [-0.05, 0) is 24.1 Å². The first-order valence-electron chi connectivity index (χ1n) is 7.11. The molecule has 2 rings (SSSR count). The normalized spacial score (nSPS) is 19.4. The van der Waals surface area contributed by atoms with Crippen LogP contribution >= 0.6 is 0 Å². The molecule has 1 aliphatic heterocycles. The van der Waals surface area contributed by atoms with Crippen LogP contribution in [0.2, 0.25) is 0 Å². The maximum Gasteiger partial charge on any atom is 0.247 e. The maximum absolute atomic E-state index is 12.4. The van der Waals surface area contributed by atoms with Crippen molar-refractivity contribution < 1.29 is 18.0 Å². The molecule has 0 fully saturated rings. The lowest BCUT2D eigenvalue weighted by Crippen LogP contribution is -2.53. The minimum Gasteiger partial charge on any atom is -0.322 e. The Labute approximate surface area is 130 Å². The van der Waals surface area contributed by atoms with Gasteiger partial charge in [-0.2, -0.15) is 0 Å². The summed E-state index contributed by atoms with van der Waals surface area (Å²) in [6.45, 7) is 5.27. The van der Waals surface area contributed by atoms with Crippen molar-refractivity contribution in [3.63, 3.8) is 0 Å². The number of hydrogen-bond acceptors (Lipinski definition) is 4. The van der Waals surface area contributed by atoms with Crippen LogP contribution in [0.4, 0.5) is 11.4 Å². The van der Waals surface area contributed by atoms with Gasteiger partial charge in [0, 0.05) is 13.2 Å². The predicted octanol–water partition coefficient (Wildman–Crippen LogP) is 1.81. The van der Waals surface area contributed by atoms with Gasteiger partial charge in [-0.25, -0.2) is 8.42 Å². The first-order chi connectivity index (χ1) is 10.2. The molecule has 1 heterocycles. The number of benzene rings is 1. The molecule has 0 saturated carbocycles. The summed E-state index contributed by atoms with van der Waals surface area (Å²) in [7, 11) is -3.38. The average molecular weight is 324 g/mol. The summed E-state index contributed by atoms with van der Waals surface area (Å²) < 4.78 is 23.3. The van der Waals surface area contributed by atoms with E-state index in [0.717, 1.165) is 12.7 Å². The lowest BCUT2D eigenvalue weighted by atomic mass is 9.94. The van der Waals surface area contributed by atoms with E-state index in [2.05, 4.69) is 5.32 Å². The van der Waals surface area contributed by atoms with Gasteiger partial charge in [-0.15, -0.1) is 0 Å². The fourth-order valence-corrected chi connectivity index (χ4v) is 3.28. The molecule has 2 amide bonds. The Morgan fingerprint density at radius 2 is 2.05 bits per heavy atom.